The maximum atomic E-state index is 5.97. The van der Waals surface area contributed by atoms with Gasteiger partial charge < -0.3 is 15.4 Å². The summed E-state index contributed by atoms with van der Waals surface area (Å²) in [5, 5.41) is 5.15. The Morgan fingerprint density at radius 3 is 2.90 bits per heavy atom. The van der Waals surface area contributed by atoms with Gasteiger partial charge in [-0.05, 0) is 37.9 Å². The van der Waals surface area contributed by atoms with E-state index in [-0.39, 0.29) is 0 Å². The van der Waals surface area contributed by atoms with Crippen LogP contribution in [-0.2, 0) is 4.74 Å². The summed E-state index contributed by atoms with van der Waals surface area (Å²) in [6, 6.07) is 3.70. The number of anilines is 1. The molecule has 3 heterocycles. The van der Waals surface area contributed by atoms with Crippen molar-refractivity contribution in [2.75, 3.05) is 31.1 Å². The highest BCUT2D eigenvalue weighted by Crippen LogP contribution is 2.20. The van der Waals surface area contributed by atoms with Gasteiger partial charge in [0, 0.05) is 25.9 Å². The molecule has 1 aliphatic rings. The second kappa shape index (κ2) is 6.60. The normalized spacial score (nSPS) is 16.8. The van der Waals surface area contributed by atoms with Crippen LogP contribution in [0.2, 0.25) is 5.02 Å². The van der Waals surface area contributed by atoms with Gasteiger partial charge >= 0.3 is 0 Å². The van der Waals surface area contributed by atoms with Crippen molar-refractivity contribution >= 4 is 23.2 Å². The molecule has 7 heteroatoms. The van der Waals surface area contributed by atoms with E-state index in [0.29, 0.717) is 17.7 Å². The lowest BCUT2D eigenvalue weighted by molar-refractivity contribution is 0.0365. The zero-order chi connectivity index (χ0) is 14.7. The molecule has 0 amide bonds. The Morgan fingerprint density at radius 2 is 2.14 bits per heavy atom. The number of piperidine rings is 1. The van der Waals surface area contributed by atoms with Crippen molar-refractivity contribution in [2.45, 2.75) is 25.4 Å². The average molecular weight is 310 g/mol. The maximum Gasteiger partial charge on any atom is 0.245 e. The smallest absolute Gasteiger partial charge is 0.245 e. The number of hydrogen-bond donors (Lipinski definition) is 1. The average Bonchev–Trinajstić information content (AvgIpc) is 2.91. The minimum absolute atomic E-state index is 0.333. The minimum Gasteiger partial charge on any atom is -0.378 e. The lowest BCUT2D eigenvalue weighted by atomic mass is 10.1. The molecule has 0 aliphatic carbocycles. The van der Waals surface area contributed by atoms with Crippen molar-refractivity contribution in [1.29, 1.82) is 0 Å². The van der Waals surface area contributed by atoms with E-state index in [9.17, 15) is 0 Å². The summed E-state index contributed by atoms with van der Waals surface area (Å²) in [5.41, 5.74) is 6.29. The van der Waals surface area contributed by atoms with Gasteiger partial charge in [-0.2, -0.15) is 4.98 Å². The number of pyridine rings is 1. The molecule has 6 nitrogen and oxygen atoms in total. The van der Waals surface area contributed by atoms with E-state index >= 15 is 0 Å². The molecule has 0 radical (unpaired) electrons. The standard InChI is InChI=1S/C14H20ClN5O/c15-11-2-3-13-17-14(18-20(13)10-11)19-7-4-12(5-8-19)21-9-1-6-16/h2-3,10,12H,1,4-9,16H2. The van der Waals surface area contributed by atoms with E-state index < -0.39 is 0 Å². The van der Waals surface area contributed by atoms with Crippen LogP contribution in [0.25, 0.3) is 5.65 Å². The fourth-order valence-corrected chi connectivity index (χ4v) is 2.69. The third-order valence-corrected chi connectivity index (χ3v) is 3.93. The molecule has 1 saturated heterocycles. The van der Waals surface area contributed by atoms with Gasteiger partial charge in [-0.3, -0.25) is 0 Å². The predicted molar refractivity (Wildman–Crippen MR) is 82.9 cm³/mol. The van der Waals surface area contributed by atoms with Crippen LogP contribution in [0, 0.1) is 0 Å². The van der Waals surface area contributed by atoms with Gasteiger partial charge in [-0.15, -0.1) is 5.10 Å². The van der Waals surface area contributed by atoms with Crippen LogP contribution < -0.4 is 10.6 Å². The number of hydrogen-bond acceptors (Lipinski definition) is 5. The maximum absolute atomic E-state index is 5.97. The summed E-state index contributed by atoms with van der Waals surface area (Å²) in [4.78, 5) is 6.74. The first-order valence-corrected chi connectivity index (χ1v) is 7.72. The number of rotatable bonds is 5. The second-order valence-electron chi connectivity index (χ2n) is 5.26. The zero-order valence-corrected chi connectivity index (χ0v) is 12.7. The van der Waals surface area contributed by atoms with Gasteiger partial charge in [0.05, 0.1) is 11.1 Å². The van der Waals surface area contributed by atoms with Crippen molar-refractivity contribution < 1.29 is 4.74 Å². The molecule has 114 valence electrons. The number of nitrogens with two attached hydrogens (primary N) is 1. The number of aromatic nitrogens is 3. The molecule has 0 spiro atoms. The fourth-order valence-electron chi connectivity index (χ4n) is 2.54. The van der Waals surface area contributed by atoms with Gasteiger partial charge in [0.1, 0.15) is 0 Å². The number of fused-ring (bicyclic) bond motifs is 1. The minimum atomic E-state index is 0.333. The highest BCUT2D eigenvalue weighted by atomic mass is 35.5. The molecule has 2 N–H and O–H groups in total. The van der Waals surface area contributed by atoms with E-state index in [2.05, 4.69) is 15.0 Å². The first-order chi connectivity index (χ1) is 10.3. The summed E-state index contributed by atoms with van der Waals surface area (Å²) in [6.45, 7) is 3.27. The highest BCUT2D eigenvalue weighted by molar-refractivity contribution is 6.30. The summed E-state index contributed by atoms with van der Waals surface area (Å²) < 4.78 is 7.54. The monoisotopic (exact) mass is 309 g/mol. The topological polar surface area (TPSA) is 68.7 Å². The van der Waals surface area contributed by atoms with E-state index in [4.69, 9.17) is 22.1 Å². The number of ether oxygens (including phenoxy) is 1. The van der Waals surface area contributed by atoms with Gasteiger partial charge in [0.25, 0.3) is 0 Å². The van der Waals surface area contributed by atoms with Gasteiger partial charge in [-0.1, -0.05) is 11.6 Å². The number of halogens is 1. The van der Waals surface area contributed by atoms with Gasteiger partial charge in [0.2, 0.25) is 5.95 Å². The van der Waals surface area contributed by atoms with E-state index in [1.807, 2.05) is 12.1 Å². The van der Waals surface area contributed by atoms with Crippen molar-refractivity contribution in [3.8, 4) is 0 Å². The molecule has 0 atom stereocenters. The molecule has 3 rings (SSSR count). The second-order valence-corrected chi connectivity index (χ2v) is 5.70. The van der Waals surface area contributed by atoms with Crippen LogP contribution in [0.3, 0.4) is 0 Å². The Kier molecular flexibility index (Phi) is 4.57. The predicted octanol–water partition coefficient (Wildman–Crippen LogP) is 1.72. The van der Waals surface area contributed by atoms with Crippen LogP contribution in [0.1, 0.15) is 19.3 Å². The van der Waals surface area contributed by atoms with Crippen molar-refractivity contribution in [3.63, 3.8) is 0 Å². The highest BCUT2D eigenvalue weighted by Gasteiger charge is 2.22. The Balaban J connectivity index is 1.60. The SMILES string of the molecule is NCCCOC1CCN(c2nc3ccc(Cl)cn3n2)CC1. The molecule has 1 fully saturated rings. The molecule has 2 aromatic rings. The van der Waals surface area contributed by atoms with E-state index in [0.717, 1.165) is 50.6 Å². The van der Waals surface area contributed by atoms with Crippen LogP contribution in [0.5, 0.6) is 0 Å². The molecular formula is C14H20ClN5O. The van der Waals surface area contributed by atoms with Crippen molar-refractivity contribution in [3.05, 3.63) is 23.4 Å². The molecule has 0 aromatic carbocycles. The molecule has 0 bridgehead atoms. The number of nitrogens with zero attached hydrogens (tertiary/aromatic N) is 4. The molecule has 1 aliphatic heterocycles. The van der Waals surface area contributed by atoms with Crippen molar-refractivity contribution in [1.82, 2.24) is 14.6 Å². The largest absolute Gasteiger partial charge is 0.378 e. The summed E-state index contributed by atoms with van der Waals surface area (Å²) in [7, 11) is 0. The van der Waals surface area contributed by atoms with E-state index in [1.54, 1.807) is 10.7 Å². The molecule has 21 heavy (non-hydrogen) atoms. The quantitative estimate of drug-likeness (QED) is 0.852. The lowest BCUT2D eigenvalue weighted by Crippen LogP contribution is -2.37. The van der Waals surface area contributed by atoms with Crippen LogP contribution in [0.4, 0.5) is 5.95 Å². The Morgan fingerprint density at radius 1 is 1.33 bits per heavy atom. The van der Waals surface area contributed by atoms with Crippen molar-refractivity contribution in [2.24, 2.45) is 5.73 Å². The third kappa shape index (κ3) is 3.45. The Hall–Kier alpha value is -1.37. The summed E-state index contributed by atoms with van der Waals surface area (Å²) >= 11 is 5.97. The summed E-state index contributed by atoms with van der Waals surface area (Å²) in [6.07, 6.45) is 5.03. The van der Waals surface area contributed by atoms with Gasteiger partial charge in [-0.25, -0.2) is 4.52 Å². The van der Waals surface area contributed by atoms with Crippen LogP contribution >= 0.6 is 11.6 Å². The van der Waals surface area contributed by atoms with E-state index in [1.165, 1.54) is 0 Å². The molecule has 0 saturated carbocycles. The molecule has 2 aromatic heterocycles. The first-order valence-electron chi connectivity index (χ1n) is 7.35. The Labute approximate surface area is 128 Å². The zero-order valence-electron chi connectivity index (χ0n) is 11.9. The molecular weight excluding hydrogens is 290 g/mol. The van der Waals surface area contributed by atoms with Crippen LogP contribution in [0.15, 0.2) is 18.3 Å². The van der Waals surface area contributed by atoms with Crippen LogP contribution in [-0.4, -0.2) is 46.9 Å². The first kappa shape index (κ1) is 14.6. The summed E-state index contributed by atoms with van der Waals surface area (Å²) in [5.74, 6) is 0.762. The van der Waals surface area contributed by atoms with Gasteiger partial charge in [0.15, 0.2) is 5.65 Å². The lowest BCUT2D eigenvalue weighted by Gasteiger charge is -2.31. The molecule has 0 unspecified atom stereocenters. The Bertz CT molecular complexity index is 594. The third-order valence-electron chi connectivity index (χ3n) is 3.71. The fraction of sp³-hybridized carbons (Fsp3) is 0.571.